The molecule has 0 aliphatic heterocycles. The lowest BCUT2D eigenvalue weighted by Crippen LogP contribution is -2.33. The number of hydrogen-bond donors (Lipinski definition) is 2. The Bertz CT molecular complexity index is 868. The van der Waals surface area contributed by atoms with E-state index in [0.29, 0.717) is 11.3 Å². The second-order valence-corrected chi connectivity index (χ2v) is 8.38. The summed E-state index contributed by atoms with van der Waals surface area (Å²) in [7, 11) is 0. The van der Waals surface area contributed by atoms with Gasteiger partial charge in [-0.05, 0) is 63.4 Å². The first kappa shape index (κ1) is 23.6. The molecule has 0 bridgehead atoms. The molecule has 2 N–H and O–H groups in total. The van der Waals surface area contributed by atoms with Crippen LogP contribution in [0.15, 0.2) is 42.5 Å². The Balaban J connectivity index is 1.83. The van der Waals surface area contributed by atoms with Crippen molar-refractivity contribution in [3.8, 4) is 5.75 Å². The third-order valence-electron chi connectivity index (χ3n) is 4.36. The molecule has 6 nitrogen and oxygen atoms in total. The van der Waals surface area contributed by atoms with E-state index in [1.165, 1.54) is 0 Å². The molecule has 0 saturated carbocycles. The van der Waals surface area contributed by atoms with Crippen LogP contribution in [0.4, 0.5) is 0 Å². The van der Waals surface area contributed by atoms with Gasteiger partial charge in [0.05, 0.1) is 19.1 Å². The minimum absolute atomic E-state index is 0.0163. The number of hydrogen-bond acceptors (Lipinski definition) is 6. The van der Waals surface area contributed by atoms with Gasteiger partial charge in [-0.2, -0.15) is 0 Å². The minimum atomic E-state index is -0.799. The molecule has 2 rings (SSSR count). The van der Waals surface area contributed by atoms with Gasteiger partial charge in [0.15, 0.2) is 0 Å². The van der Waals surface area contributed by atoms with E-state index in [9.17, 15) is 14.7 Å². The van der Waals surface area contributed by atoms with E-state index >= 15 is 0 Å². The van der Waals surface area contributed by atoms with Crippen molar-refractivity contribution in [1.82, 2.24) is 5.32 Å². The van der Waals surface area contributed by atoms with Gasteiger partial charge in [-0.15, -0.1) is 0 Å². The van der Waals surface area contributed by atoms with Crippen LogP contribution in [0.1, 0.15) is 49.1 Å². The molecule has 0 aliphatic carbocycles. The molecule has 30 heavy (non-hydrogen) atoms. The lowest BCUT2D eigenvalue weighted by molar-refractivity contribution is -0.153. The molecule has 2 aromatic carbocycles. The third-order valence-corrected chi connectivity index (χ3v) is 4.36. The number of nitrogens with one attached hydrogen (secondary N) is 1. The molecule has 1 atom stereocenters. The minimum Gasteiger partial charge on any atom is -0.459 e. The second kappa shape index (κ2) is 10.4. The van der Waals surface area contributed by atoms with Crippen LogP contribution in [-0.2, 0) is 20.7 Å². The van der Waals surface area contributed by atoms with Crippen molar-refractivity contribution in [2.24, 2.45) is 0 Å². The van der Waals surface area contributed by atoms with E-state index in [-0.39, 0.29) is 31.4 Å². The topological polar surface area (TPSA) is 84.9 Å². The predicted molar refractivity (Wildman–Crippen MR) is 115 cm³/mol. The molecular formula is C24H31NO5. The van der Waals surface area contributed by atoms with Gasteiger partial charge in [0.25, 0.3) is 0 Å². The normalized spacial score (nSPS) is 12.3. The Labute approximate surface area is 178 Å². The van der Waals surface area contributed by atoms with Crippen molar-refractivity contribution in [1.29, 1.82) is 0 Å². The summed E-state index contributed by atoms with van der Waals surface area (Å²) in [6, 6.07) is 12.7. The third kappa shape index (κ3) is 7.97. The molecule has 6 heteroatoms. The lowest BCUT2D eigenvalue weighted by Gasteiger charge is -2.20. The first-order valence-electron chi connectivity index (χ1n) is 10.0. The second-order valence-electron chi connectivity index (χ2n) is 8.38. The highest BCUT2D eigenvalue weighted by Crippen LogP contribution is 2.19. The molecule has 0 fully saturated rings. The molecule has 0 heterocycles. The highest BCUT2D eigenvalue weighted by molar-refractivity contribution is 5.75. The van der Waals surface area contributed by atoms with E-state index in [1.807, 2.05) is 32.0 Å². The summed E-state index contributed by atoms with van der Waals surface area (Å²) >= 11 is 0. The van der Waals surface area contributed by atoms with Gasteiger partial charge in [0, 0.05) is 6.54 Å². The average Bonchev–Trinajstić information content (AvgIpc) is 2.63. The Morgan fingerprint density at radius 3 is 2.33 bits per heavy atom. The van der Waals surface area contributed by atoms with E-state index < -0.39 is 11.7 Å². The maximum Gasteiger partial charge on any atom is 0.320 e. The first-order valence-corrected chi connectivity index (χ1v) is 10.0. The highest BCUT2D eigenvalue weighted by atomic mass is 16.6. The molecule has 0 saturated heterocycles. The number of carbonyl (C=O) groups is 2. The van der Waals surface area contributed by atoms with E-state index in [2.05, 4.69) is 5.32 Å². The maximum absolute atomic E-state index is 12.2. The summed E-state index contributed by atoms with van der Waals surface area (Å²) in [6.07, 6.45) is -0.598. The van der Waals surface area contributed by atoms with Crippen molar-refractivity contribution < 1.29 is 24.2 Å². The van der Waals surface area contributed by atoms with Crippen LogP contribution >= 0.6 is 0 Å². The van der Waals surface area contributed by atoms with Crippen LogP contribution in [0.5, 0.6) is 5.75 Å². The smallest absolute Gasteiger partial charge is 0.320 e. The zero-order valence-electron chi connectivity index (χ0n) is 18.3. The largest absolute Gasteiger partial charge is 0.459 e. The van der Waals surface area contributed by atoms with Gasteiger partial charge >= 0.3 is 11.9 Å². The average molecular weight is 414 g/mol. The number of rotatable bonds is 8. The Hall–Kier alpha value is -2.70. The number of ether oxygens (including phenoxy) is 2. The molecule has 2 aromatic rings. The molecular weight excluding hydrogens is 382 g/mol. The molecule has 0 aromatic heterocycles. The zero-order valence-corrected chi connectivity index (χ0v) is 18.3. The summed E-state index contributed by atoms with van der Waals surface area (Å²) in [5.41, 5.74) is 3.21. The van der Waals surface area contributed by atoms with Gasteiger partial charge in [0.2, 0.25) is 0 Å². The fourth-order valence-electron chi connectivity index (χ4n) is 2.88. The van der Waals surface area contributed by atoms with Gasteiger partial charge in [-0.25, -0.2) is 0 Å². The summed E-state index contributed by atoms with van der Waals surface area (Å²) in [5.74, 6) is -0.292. The van der Waals surface area contributed by atoms with Crippen LogP contribution in [0.3, 0.4) is 0 Å². The van der Waals surface area contributed by atoms with Crippen LogP contribution in [0.25, 0.3) is 0 Å². The molecule has 0 spiro atoms. The highest BCUT2D eigenvalue weighted by Gasteiger charge is 2.16. The van der Waals surface area contributed by atoms with Crippen LogP contribution in [0.2, 0.25) is 0 Å². The summed E-state index contributed by atoms with van der Waals surface area (Å²) in [5, 5.41) is 13.1. The fraction of sp³-hybridized carbons (Fsp3) is 0.417. The number of esters is 2. The number of benzene rings is 2. The van der Waals surface area contributed by atoms with Gasteiger partial charge in [-0.3, -0.25) is 9.59 Å². The van der Waals surface area contributed by atoms with Crippen LogP contribution < -0.4 is 10.1 Å². The van der Waals surface area contributed by atoms with Gasteiger partial charge < -0.3 is 19.9 Å². The van der Waals surface area contributed by atoms with Crippen molar-refractivity contribution >= 4 is 11.9 Å². The van der Waals surface area contributed by atoms with Crippen LogP contribution in [-0.4, -0.2) is 35.7 Å². The van der Waals surface area contributed by atoms with Crippen molar-refractivity contribution in [2.75, 3.05) is 13.1 Å². The monoisotopic (exact) mass is 413 g/mol. The predicted octanol–water partition coefficient (Wildman–Crippen LogP) is 3.42. The number of aliphatic hydroxyl groups excluding tert-OH is 1. The maximum atomic E-state index is 12.2. The van der Waals surface area contributed by atoms with E-state index in [4.69, 9.17) is 9.47 Å². The molecule has 1 unspecified atom stereocenters. The summed E-state index contributed by atoms with van der Waals surface area (Å²) in [4.78, 5) is 23.9. The first-order chi connectivity index (χ1) is 14.0. The van der Waals surface area contributed by atoms with E-state index in [0.717, 1.165) is 16.7 Å². The van der Waals surface area contributed by atoms with E-state index in [1.54, 1.807) is 45.0 Å². The molecule has 162 valence electrons. The molecule has 0 aliphatic rings. The fourth-order valence-corrected chi connectivity index (χ4v) is 2.88. The standard InChI is InChI=1S/C24H31NO5/c1-16-6-7-17(2)19(12-16)13-22(27)29-20-10-8-18(9-11-20)21(26)14-25-15-23(28)30-24(3,4)5/h6-12,21,25-26H,13-15H2,1-5H3. The van der Waals surface area contributed by atoms with Gasteiger partial charge in [-0.1, -0.05) is 35.9 Å². The Morgan fingerprint density at radius 2 is 1.70 bits per heavy atom. The zero-order chi connectivity index (χ0) is 22.3. The van der Waals surface area contributed by atoms with Crippen molar-refractivity contribution in [2.45, 2.75) is 52.7 Å². The number of aliphatic hydroxyl groups is 1. The summed E-state index contributed by atoms with van der Waals surface area (Å²) < 4.78 is 10.6. The Morgan fingerprint density at radius 1 is 1.03 bits per heavy atom. The molecule has 0 radical (unpaired) electrons. The number of aryl methyl sites for hydroxylation is 2. The lowest BCUT2D eigenvalue weighted by atomic mass is 10.0. The number of carbonyl (C=O) groups excluding carboxylic acids is 2. The van der Waals surface area contributed by atoms with Crippen molar-refractivity contribution in [3.63, 3.8) is 0 Å². The summed E-state index contributed by atoms with van der Waals surface area (Å²) in [6.45, 7) is 9.58. The van der Waals surface area contributed by atoms with Crippen LogP contribution in [0, 0.1) is 13.8 Å². The molecule has 0 amide bonds. The SMILES string of the molecule is Cc1ccc(C)c(CC(=O)Oc2ccc(C(O)CNCC(=O)OC(C)(C)C)cc2)c1. The van der Waals surface area contributed by atoms with Gasteiger partial charge in [0.1, 0.15) is 11.4 Å². The Kier molecular flexibility index (Phi) is 8.15. The van der Waals surface area contributed by atoms with Crippen molar-refractivity contribution in [3.05, 3.63) is 64.7 Å². The quantitative estimate of drug-likeness (QED) is 0.510.